The van der Waals surface area contributed by atoms with Gasteiger partial charge < -0.3 is 9.47 Å². The summed E-state index contributed by atoms with van der Waals surface area (Å²) in [6.07, 6.45) is 2.62. The van der Waals surface area contributed by atoms with E-state index in [4.69, 9.17) is 9.47 Å². The molecule has 27 heavy (non-hydrogen) atoms. The van der Waals surface area contributed by atoms with Crippen LogP contribution in [-0.4, -0.2) is 23.3 Å². The molecule has 0 fully saturated rings. The van der Waals surface area contributed by atoms with Crippen LogP contribution in [0.5, 0.6) is 5.75 Å². The lowest BCUT2D eigenvalue weighted by atomic mass is 10.1. The van der Waals surface area contributed by atoms with E-state index in [1.54, 1.807) is 24.3 Å². The van der Waals surface area contributed by atoms with E-state index in [1.165, 1.54) is 37.3 Å². The third-order valence-electron chi connectivity index (χ3n) is 3.63. The molecule has 0 aliphatic carbocycles. The SMILES string of the molecule is CCOc1ccc(C(C)=O)cc1COC(=O)/C=C/c1cccc([N+](=O)[O-])c1. The Morgan fingerprint density at radius 3 is 2.63 bits per heavy atom. The van der Waals surface area contributed by atoms with Crippen molar-refractivity contribution in [2.75, 3.05) is 6.61 Å². The van der Waals surface area contributed by atoms with Crippen LogP contribution in [0.15, 0.2) is 48.5 Å². The van der Waals surface area contributed by atoms with Gasteiger partial charge in [-0.15, -0.1) is 0 Å². The lowest BCUT2D eigenvalue weighted by Crippen LogP contribution is -2.05. The number of hydrogen-bond acceptors (Lipinski definition) is 6. The molecule has 0 aromatic heterocycles. The highest BCUT2D eigenvalue weighted by molar-refractivity contribution is 5.94. The zero-order valence-corrected chi connectivity index (χ0v) is 15.0. The van der Waals surface area contributed by atoms with Crippen molar-refractivity contribution in [1.29, 1.82) is 0 Å². The van der Waals surface area contributed by atoms with Crippen LogP contribution < -0.4 is 4.74 Å². The van der Waals surface area contributed by atoms with Gasteiger partial charge in [0.1, 0.15) is 12.4 Å². The van der Waals surface area contributed by atoms with Crippen LogP contribution in [0.2, 0.25) is 0 Å². The van der Waals surface area contributed by atoms with Crippen LogP contribution >= 0.6 is 0 Å². The normalized spacial score (nSPS) is 10.6. The number of nitro benzene ring substituents is 1. The van der Waals surface area contributed by atoms with E-state index in [-0.39, 0.29) is 18.1 Å². The number of rotatable bonds is 8. The molecule has 0 bridgehead atoms. The zero-order chi connectivity index (χ0) is 19.8. The van der Waals surface area contributed by atoms with Crippen LogP contribution in [0.1, 0.15) is 35.3 Å². The van der Waals surface area contributed by atoms with E-state index in [1.807, 2.05) is 6.92 Å². The maximum atomic E-state index is 11.9. The van der Waals surface area contributed by atoms with E-state index in [0.29, 0.717) is 29.0 Å². The second-order valence-electron chi connectivity index (χ2n) is 5.60. The van der Waals surface area contributed by atoms with Gasteiger partial charge in [-0.1, -0.05) is 12.1 Å². The van der Waals surface area contributed by atoms with Crippen molar-refractivity contribution in [3.63, 3.8) is 0 Å². The highest BCUT2D eigenvalue weighted by Gasteiger charge is 2.10. The maximum Gasteiger partial charge on any atom is 0.331 e. The number of ketones is 1. The summed E-state index contributed by atoms with van der Waals surface area (Å²) in [5.74, 6) is -0.175. The second kappa shape index (κ2) is 9.28. The molecule has 0 aliphatic heterocycles. The van der Waals surface area contributed by atoms with Crippen molar-refractivity contribution < 1.29 is 24.0 Å². The molecule has 2 aromatic rings. The Morgan fingerprint density at radius 1 is 1.19 bits per heavy atom. The minimum atomic E-state index is -0.614. The van der Waals surface area contributed by atoms with Crippen molar-refractivity contribution >= 4 is 23.5 Å². The fourth-order valence-electron chi connectivity index (χ4n) is 2.31. The van der Waals surface area contributed by atoms with Crippen LogP contribution in [0.25, 0.3) is 6.08 Å². The molecule has 0 amide bonds. The third-order valence-corrected chi connectivity index (χ3v) is 3.63. The Morgan fingerprint density at radius 2 is 1.96 bits per heavy atom. The van der Waals surface area contributed by atoms with Crippen molar-refractivity contribution in [1.82, 2.24) is 0 Å². The van der Waals surface area contributed by atoms with Crippen LogP contribution in [0.4, 0.5) is 5.69 Å². The monoisotopic (exact) mass is 369 g/mol. The Kier molecular flexibility index (Phi) is 6.82. The molecule has 0 unspecified atom stereocenters. The van der Waals surface area contributed by atoms with Crippen molar-refractivity contribution in [2.24, 2.45) is 0 Å². The number of hydrogen-bond donors (Lipinski definition) is 0. The fourth-order valence-corrected chi connectivity index (χ4v) is 2.31. The summed E-state index contributed by atoms with van der Waals surface area (Å²) in [7, 11) is 0. The summed E-state index contributed by atoms with van der Waals surface area (Å²) < 4.78 is 10.7. The summed E-state index contributed by atoms with van der Waals surface area (Å²) >= 11 is 0. The molecule has 0 saturated heterocycles. The molecule has 0 spiro atoms. The summed E-state index contributed by atoms with van der Waals surface area (Å²) in [5, 5.41) is 10.8. The quantitative estimate of drug-likeness (QED) is 0.230. The standard InChI is InChI=1S/C20H19NO6/c1-3-26-19-9-8-16(14(2)22)12-17(19)13-27-20(23)10-7-15-5-4-6-18(11-15)21(24)25/h4-12H,3,13H2,1-2H3/b10-7+. The molecule has 7 nitrogen and oxygen atoms in total. The van der Waals surface area contributed by atoms with Crippen LogP contribution in [0, 0.1) is 10.1 Å². The molecule has 140 valence electrons. The third kappa shape index (κ3) is 5.78. The Labute approximate surface area is 156 Å². The van der Waals surface area contributed by atoms with Crippen LogP contribution in [-0.2, 0) is 16.1 Å². The number of Topliss-reactive ketones (excluding diaryl/α,β-unsaturated/α-hetero) is 1. The van der Waals surface area contributed by atoms with Gasteiger partial charge in [-0.3, -0.25) is 14.9 Å². The van der Waals surface area contributed by atoms with Crippen molar-refractivity contribution in [2.45, 2.75) is 20.5 Å². The summed E-state index contributed by atoms with van der Waals surface area (Å²) in [4.78, 5) is 33.7. The smallest absolute Gasteiger partial charge is 0.331 e. The lowest BCUT2D eigenvalue weighted by Gasteiger charge is -2.11. The highest BCUT2D eigenvalue weighted by Crippen LogP contribution is 2.22. The van der Waals surface area contributed by atoms with Gasteiger partial charge in [0.25, 0.3) is 5.69 Å². The molecular formula is C20H19NO6. The first-order valence-corrected chi connectivity index (χ1v) is 8.26. The molecule has 7 heteroatoms. The predicted molar refractivity (Wildman–Crippen MR) is 99.5 cm³/mol. The first-order valence-electron chi connectivity index (χ1n) is 8.26. The Hall–Kier alpha value is -3.48. The molecule has 0 radical (unpaired) electrons. The van der Waals surface area contributed by atoms with Gasteiger partial charge in [0.2, 0.25) is 0 Å². The van der Waals surface area contributed by atoms with Crippen molar-refractivity contribution in [3.05, 3.63) is 75.3 Å². The predicted octanol–water partition coefficient (Wildman–Crippen LogP) is 3.95. The Bertz CT molecular complexity index is 888. The van der Waals surface area contributed by atoms with Gasteiger partial charge in [-0.2, -0.15) is 0 Å². The lowest BCUT2D eigenvalue weighted by molar-refractivity contribution is -0.384. The van der Waals surface area contributed by atoms with E-state index in [0.717, 1.165) is 0 Å². The molecule has 0 aliphatic rings. The van der Waals surface area contributed by atoms with E-state index >= 15 is 0 Å². The highest BCUT2D eigenvalue weighted by atomic mass is 16.6. The molecule has 2 rings (SSSR count). The van der Waals surface area contributed by atoms with Gasteiger partial charge >= 0.3 is 5.97 Å². The summed E-state index contributed by atoms with van der Waals surface area (Å²) in [5.41, 5.74) is 1.53. The number of benzene rings is 2. The number of esters is 1. The number of carbonyl (C=O) groups is 2. The topological polar surface area (TPSA) is 95.7 Å². The zero-order valence-electron chi connectivity index (χ0n) is 15.0. The number of non-ortho nitro benzene ring substituents is 1. The number of carbonyl (C=O) groups excluding carboxylic acids is 2. The fraction of sp³-hybridized carbons (Fsp3) is 0.200. The van der Waals surface area contributed by atoms with E-state index < -0.39 is 10.9 Å². The molecule has 0 N–H and O–H groups in total. The number of nitro groups is 1. The van der Waals surface area contributed by atoms with Gasteiger partial charge in [0.05, 0.1) is 11.5 Å². The second-order valence-corrected chi connectivity index (χ2v) is 5.60. The largest absolute Gasteiger partial charge is 0.493 e. The first-order chi connectivity index (χ1) is 12.9. The average Bonchev–Trinajstić information content (AvgIpc) is 2.65. The number of nitrogens with zero attached hydrogens (tertiary/aromatic N) is 1. The van der Waals surface area contributed by atoms with Crippen molar-refractivity contribution in [3.8, 4) is 5.75 Å². The minimum Gasteiger partial charge on any atom is -0.493 e. The van der Waals surface area contributed by atoms with Gasteiger partial charge in [-0.05, 0) is 43.7 Å². The molecule has 2 aromatic carbocycles. The Balaban J connectivity index is 2.06. The first kappa shape index (κ1) is 19.8. The van der Waals surface area contributed by atoms with Gasteiger partial charge in [0.15, 0.2) is 5.78 Å². The average molecular weight is 369 g/mol. The summed E-state index contributed by atoms with van der Waals surface area (Å²) in [6.45, 7) is 3.66. The van der Waals surface area contributed by atoms with Gasteiger partial charge in [-0.25, -0.2) is 4.79 Å². The van der Waals surface area contributed by atoms with Gasteiger partial charge in [0, 0.05) is 29.3 Å². The molecule has 0 heterocycles. The van der Waals surface area contributed by atoms with Crippen LogP contribution in [0.3, 0.4) is 0 Å². The molecule has 0 saturated carbocycles. The molecular weight excluding hydrogens is 350 g/mol. The summed E-state index contributed by atoms with van der Waals surface area (Å²) in [6, 6.07) is 10.8. The maximum absolute atomic E-state index is 11.9. The molecule has 0 atom stereocenters. The van der Waals surface area contributed by atoms with E-state index in [2.05, 4.69) is 0 Å². The van der Waals surface area contributed by atoms with E-state index in [9.17, 15) is 19.7 Å². The number of ether oxygens (including phenoxy) is 2. The minimum absolute atomic E-state index is 0.0609.